The predicted molar refractivity (Wildman–Crippen MR) is 105 cm³/mol. The third-order valence-corrected chi connectivity index (χ3v) is 5.86. The van der Waals surface area contributed by atoms with E-state index in [9.17, 15) is 4.79 Å². The first-order valence-electron chi connectivity index (χ1n) is 8.60. The van der Waals surface area contributed by atoms with Crippen LogP contribution in [0.1, 0.15) is 29.6 Å². The molecular formula is C20H20N2O3S. The molecule has 0 saturated carbocycles. The lowest BCUT2D eigenvalue weighted by Crippen LogP contribution is -2.19. The van der Waals surface area contributed by atoms with Gasteiger partial charge in [-0.2, -0.15) is 0 Å². The molecule has 0 amide bonds. The first-order chi connectivity index (χ1) is 12.6. The van der Waals surface area contributed by atoms with Crippen molar-refractivity contribution in [2.75, 3.05) is 14.2 Å². The van der Waals surface area contributed by atoms with Crippen molar-refractivity contribution in [3.05, 3.63) is 50.9 Å². The summed E-state index contributed by atoms with van der Waals surface area (Å²) in [4.78, 5) is 19.6. The fourth-order valence-electron chi connectivity index (χ4n) is 3.32. The molecule has 26 heavy (non-hydrogen) atoms. The van der Waals surface area contributed by atoms with Gasteiger partial charge >= 0.3 is 0 Å². The van der Waals surface area contributed by atoms with Crippen molar-refractivity contribution in [2.45, 2.75) is 26.3 Å². The lowest BCUT2D eigenvalue weighted by Gasteiger charge is -2.08. The molecule has 0 aliphatic carbocycles. The molecule has 0 fully saturated rings. The maximum atomic E-state index is 12.8. The predicted octanol–water partition coefficient (Wildman–Crippen LogP) is 3.98. The minimum Gasteiger partial charge on any atom is -0.493 e. The van der Waals surface area contributed by atoms with Crippen molar-refractivity contribution in [3.8, 4) is 11.5 Å². The summed E-state index contributed by atoms with van der Waals surface area (Å²) < 4.78 is 12.5. The molecule has 3 heterocycles. The number of aryl methyl sites for hydroxylation is 1. The van der Waals surface area contributed by atoms with Crippen LogP contribution in [0.3, 0.4) is 0 Å². The van der Waals surface area contributed by atoms with Crippen molar-refractivity contribution < 1.29 is 9.47 Å². The molecule has 1 aliphatic heterocycles. The zero-order chi connectivity index (χ0) is 18.3. The number of benzene rings is 1. The standard InChI is InChI=1S/C20H20N2O3S/c1-4-14-11-15-19(26-14)21-18-13(7-8-22(18)20(15)23)9-12-5-6-16(24-2)17(10-12)25-3/h5-6,9-11H,4,7-8H2,1-3H3/b13-9+. The number of methoxy groups -OCH3 is 2. The van der Waals surface area contributed by atoms with Crippen LogP contribution in [0, 0.1) is 0 Å². The number of allylic oxidation sites excluding steroid dienone is 1. The van der Waals surface area contributed by atoms with Crippen LogP contribution >= 0.6 is 11.3 Å². The van der Waals surface area contributed by atoms with Crippen LogP contribution in [0.4, 0.5) is 0 Å². The number of hydrogen-bond donors (Lipinski definition) is 0. The van der Waals surface area contributed by atoms with Gasteiger partial charge in [0.05, 0.1) is 19.6 Å². The Hall–Kier alpha value is -2.60. The van der Waals surface area contributed by atoms with Crippen LogP contribution in [0.15, 0.2) is 29.1 Å². The fraction of sp³-hybridized carbons (Fsp3) is 0.300. The minimum absolute atomic E-state index is 0.0664. The van der Waals surface area contributed by atoms with E-state index in [0.717, 1.165) is 40.0 Å². The van der Waals surface area contributed by atoms with Crippen LogP contribution < -0.4 is 15.0 Å². The molecule has 0 bridgehead atoms. The summed E-state index contributed by atoms with van der Waals surface area (Å²) >= 11 is 1.61. The number of aromatic nitrogens is 2. The molecule has 6 heteroatoms. The Balaban J connectivity index is 1.81. The monoisotopic (exact) mass is 368 g/mol. The summed E-state index contributed by atoms with van der Waals surface area (Å²) in [6, 6.07) is 7.79. The van der Waals surface area contributed by atoms with Gasteiger partial charge in [-0.15, -0.1) is 11.3 Å². The number of fused-ring (bicyclic) bond motifs is 2. The largest absolute Gasteiger partial charge is 0.493 e. The Kier molecular flexibility index (Phi) is 4.28. The highest BCUT2D eigenvalue weighted by Crippen LogP contribution is 2.33. The SMILES string of the molecule is CCc1cc2c(=O)n3c(nc2s1)/C(=C/c1ccc(OC)c(OC)c1)CC3. The zero-order valence-electron chi connectivity index (χ0n) is 15.0. The molecule has 134 valence electrons. The maximum Gasteiger partial charge on any atom is 0.262 e. The van der Waals surface area contributed by atoms with E-state index in [4.69, 9.17) is 14.5 Å². The highest BCUT2D eigenvalue weighted by Gasteiger charge is 2.22. The number of nitrogens with zero attached hydrogens (tertiary/aromatic N) is 2. The quantitative estimate of drug-likeness (QED) is 0.699. The Morgan fingerprint density at radius 1 is 1.23 bits per heavy atom. The van der Waals surface area contributed by atoms with E-state index in [-0.39, 0.29) is 5.56 Å². The molecule has 1 aromatic carbocycles. The first-order valence-corrected chi connectivity index (χ1v) is 9.42. The van der Waals surface area contributed by atoms with E-state index >= 15 is 0 Å². The number of thiophene rings is 1. The Morgan fingerprint density at radius 3 is 2.77 bits per heavy atom. The summed E-state index contributed by atoms with van der Waals surface area (Å²) in [5.74, 6) is 2.16. The zero-order valence-corrected chi connectivity index (χ0v) is 15.9. The van der Waals surface area contributed by atoms with Crippen LogP contribution in [0.5, 0.6) is 11.5 Å². The summed E-state index contributed by atoms with van der Waals surface area (Å²) in [5, 5.41) is 0.739. The molecular weight excluding hydrogens is 348 g/mol. The van der Waals surface area contributed by atoms with Crippen LogP contribution in [0.2, 0.25) is 0 Å². The second-order valence-electron chi connectivity index (χ2n) is 6.21. The Morgan fingerprint density at radius 2 is 2.04 bits per heavy atom. The van der Waals surface area contributed by atoms with Gasteiger partial charge in [-0.05, 0) is 48.3 Å². The molecule has 3 aromatic rings. The average Bonchev–Trinajstić information content (AvgIpc) is 3.26. The topological polar surface area (TPSA) is 53.4 Å². The van der Waals surface area contributed by atoms with Crippen LogP contribution in [-0.2, 0) is 13.0 Å². The van der Waals surface area contributed by atoms with Gasteiger partial charge in [0, 0.05) is 11.4 Å². The summed E-state index contributed by atoms with van der Waals surface area (Å²) in [6.45, 7) is 2.77. The normalized spacial score (nSPS) is 14.8. The van der Waals surface area contributed by atoms with Crippen molar-refractivity contribution >= 4 is 33.2 Å². The molecule has 0 spiro atoms. The van der Waals surface area contributed by atoms with Gasteiger partial charge in [0.15, 0.2) is 11.5 Å². The summed E-state index contributed by atoms with van der Waals surface area (Å²) in [6.07, 6.45) is 3.80. The number of hydrogen-bond acceptors (Lipinski definition) is 5. The molecule has 0 unspecified atom stereocenters. The van der Waals surface area contributed by atoms with E-state index in [2.05, 4.69) is 13.0 Å². The van der Waals surface area contributed by atoms with Crippen LogP contribution in [-0.4, -0.2) is 23.8 Å². The third kappa shape index (κ3) is 2.70. The van der Waals surface area contributed by atoms with Crippen molar-refractivity contribution in [3.63, 3.8) is 0 Å². The van der Waals surface area contributed by atoms with Gasteiger partial charge < -0.3 is 9.47 Å². The van der Waals surface area contributed by atoms with Crippen molar-refractivity contribution in [1.29, 1.82) is 0 Å². The van der Waals surface area contributed by atoms with Gasteiger partial charge in [0.1, 0.15) is 10.7 Å². The van der Waals surface area contributed by atoms with E-state index in [1.807, 2.05) is 24.3 Å². The van der Waals surface area contributed by atoms with Gasteiger partial charge in [-0.1, -0.05) is 13.0 Å². The summed E-state index contributed by atoms with van der Waals surface area (Å²) in [5.41, 5.74) is 2.14. The third-order valence-electron chi connectivity index (χ3n) is 4.69. The molecule has 0 radical (unpaired) electrons. The molecule has 0 saturated heterocycles. The highest BCUT2D eigenvalue weighted by atomic mass is 32.1. The van der Waals surface area contributed by atoms with Gasteiger partial charge in [-0.3, -0.25) is 9.36 Å². The van der Waals surface area contributed by atoms with Crippen LogP contribution in [0.25, 0.3) is 21.9 Å². The second-order valence-corrected chi connectivity index (χ2v) is 7.33. The van der Waals surface area contributed by atoms with Gasteiger partial charge in [0.25, 0.3) is 5.56 Å². The van der Waals surface area contributed by atoms with Gasteiger partial charge in [0.2, 0.25) is 0 Å². The molecule has 4 rings (SSSR count). The minimum atomic E-state index is 0.0664. The van der Waals surface area contributed by atoms with E-state index < -0.39 is 0 Å². The molecule has 5 nitrogen and oxygen atoms in total. The second kappa shape index (κ2) is 6.61. The maximum absolute atomic E-state index is 12.8. The molecule has 0 atom stereocenters. The molecule has 1 aliphatic rings. The Labute approximate surface area is 155 Å². The number of ether oxygens (including phenoxy) is 2. The van der Waals surface area contributed by atoms with E-state index in [0.29, 0.717) is 18.0 Å². The average molecular weight is 368 g/mol. The number of rotatable bonds is 4. The Bertz CT molecular complexity index is 1080. The van der Waals surface area contributed by atoms with E-state index in [1.54, 1.807) is 30.1 Å². The molecule has 2 aromatic heterocycles. The lowest BCUT2D eigenvalue weighted by atomic mass is 10.1. The summed E-state index contributed by atoms with van der Waals surface area (Å²) in [7, 11) is 3.25. The van der Waals surface area contributed by atoms with Crippen molar-refractivity contribution in [2.24, 2.45) is 0 Å². The molecule has 0 N–H and O–H groups in total. The highest BCUT2D eigenvalue weighted by molar-refractivity contribution is 7.18. The first kappa shape index (κ1) is 16.8. The smallest absolute Gasteiger partial charge is 0.262 e. The fourth-order valence-corrected chi connectivity index (χ4v) is 4.27. The van der Waals surface area contributed by atoms with E-state index in [1.165, 1.54) is 4.88 Å². The van der Waals surface area contributed by atoms with Crippen molar-refractivity contribution in [1.82, 2.24) is 9.55 Å². The lowest BCUT2D eigenvalue weighted by molar-refractivity contribution is 0.355. The van der Waals surface area contributed by atoms with Gasteiger partial charge in [-0.25, -0.2) is 4.98 Å².